The Labute approximate surface area is 131 Å². The number of methoxy groups -OCH3 is 1. The number of nitrogens with zero attached hydrogens (tertiary/aromatic N) is 3. The fourth-order valence-corrected chi connectivity index (χ4v) is 3.07. The minimum absolute atomic E-state index is 0.00414. The molecule has 0 aliphatic carbocycles. The summed E-state index contributed by atoms with van der Waals surface area (Å²) >= 11 is 1.43. The summed E-state index contributed by atoms with van der Waals surface area (Å²) in [5, 5.41) is 7.59. The van der Waals surface area contributed by atoms with E-state index in [0.717, 1.165) is 16.0 Å². The lowest BCUT2D eigenvalue weighted by Crippen LogP contribution is -2.17. The van der Waals surface area contributed by atoms with Gasteiger partial charge in [0.15, 0.2) is 5.13 Å². The van der Waals surface area contributed by atoms with Crippen molar-refractivity contribution in [2.75, 3.05) is 12.4 Å². The number of fused-ring (bicyclic) bond motifs is 1. The van der Waals surface area contributed by atoms with Crippen molar-refractivity contribution in [2.24, 2.45) is 0 Å². The van der Waals surface area contributed by atoms with Crippen LogP contribution in [0.2, 0.25) is 0 Å². The number of carbonyl (C=O) groups excluding carboxylic acids is 1. The number of aromatic nitrogens is 3. The maximum Gasteiger partial charge on any atom is 0.228 e. The van der Waals surface area contributed by atoms with Crippen molar-refractivity contribution in [3.63, 3.8) is 0 Å². The van der Waals surface area contributed by atoms with Gasteiger partial charge in [-0.3, -0.25) is 9.48 Å². The Morgan fingerprint density at radius 3 is 3.09 bits per heavy atom. The molecular weight excluding hydrogens is 300 g/mol. The highest BCUT2D eigenvalue weighted by atomic mass is 32.1. The first-order valence-corrected chi connectivity index (χ1v) is 7.71. The molecule has 3 rings (SSSR count). The number of anilines is 1. The Kier molecular flexibility index (Phi) is 4.06. The monoisotopic (exact) mass is 316 g/mol. The fraction of sp³-hybridized carbons (Fsp3) is 0.267. The Morgan fingerprint density at radius 1 is 1.50 bits per heavy atom. The highest BCUT2D eigenvalue weighted by Crippen LogP contribution is 2.29. The van der Waals surface area contributed by atoms with Gasteiger partial charge >= 0.3 is 0 Å². The Bertz CT molecular complexity index is 782. The second-order valence-electron chi connectivity index (χ2n) is 4.94. The summed E-state index contributed by atoms with van der Waals surface area (Å²) in [6.45, 7) is 1.95. The summed E-state index contributed by atoms with van der Waals surface area (Å²) in [7, 11) is 1.63. The van der Waals surface area contributed by atoms with E-state index >= 15 is 0 Å². The minimum atomic E-state index is -0.0750. The predicted octanol–water partition coefficient (Wildman–Crippen LogP) is 3.09. The molecule has 0 aliphatic heterocycles. The highest BCUT2D eigenvalue weighted by molar-refractivity contribution is 7.22. The molecule has 1 aromatic carbocycles. The molecule has 0 saturated carbocycles. The number of nitrogens with one attached hydrogen (secondary N) is 1. The van der Waals surface area contributed by atoms with Crippen molar-refractivity contribution in [3.05, 3.63) is 36.7 Å². The number of hydrogen-bond acceptors (Lipinski definition) is 5. The molecule has 2 aromatic heterocycles. The van der Waals surface area contributed by atoms with Crippen molar-refractivity contribution < 1.29 is 9.53 Å². The van der Waals surface area contributed by atoms with E-state index in [2.05, 4.69) is 15.4 Å². The lowest BCUT2D eigenvalue weighted by atomic mass is 10.2. The van der Waals surface area contributed by atoms with E-state index in [1.54, 1.807) is 18.0 Å². The normalized spacial score (nSPS) is 12.3. The first-order chi connectivity index (χ1) is 10.7. The Hall–Kier alpha value is -2.41. The summed E-state index contributed by atoms with van der Waals surface area (Å²) in [6.07, 6.45) is 3.90. The van der Waals surface area contributed by atoms with Crippen molar-refractivity contribution >= 4 is 32.6 Å². The van der Waals surface area contributed by atoms with Gasteiger partial charge in [0.2, 0.25) is 5.91 Å². The van der Waals surface area contributed by atoms with Gasteiger partial charge in [-0.2, -0.15) is 5.10 Å². The van der Waals surface area contributed by atoms with Crippen molar-refractivity contribution in [1.29, 1.82) is 0 Å². The smallest absolute Gasteiger partial charge is 0.228 e. The molecule has 22 heavy (non-hydrogen) atoms. The number of benzene rings is 1. The minimum Gasteiger partial charge on any atom is -0.497 e. The van der Waals surface area contributed by atoms with Crippen LogP contribution in [0.25, 0.3) is 10.2 Å². The molecule has 6 nitrogen and oxygen atoms in total. The lowest BCUT2D eigenvalue weighted by molar-refractivity contribution is -0.116. The van der Waals surface area contributed by atoms with Crippen molar-refractivity contribution in [1.82, 2.24) is 14.8 Å². The van der Waals surface area contributed by atoms with Gasteiger partial charge in [-0.15, -0.1) is 0 Å². The van der Waals surface area contributed by atoms with E-state index in [0.29, 0.717) is 11.6 Å². The largest absolute Gasteiger partial charge is 0.497 e. The molecule has 3 aromatic rings. The molecule has 0 aliphatic rings. The van der Waals surface area contributed by atoms with Crippen LogP contribution in [0.4, 0.5) is 5.13 Å². The summed E-state index contributed by atoms with van der Waals surface area (Å²) in [6, 6.07) is 7.49. The third-order valence-electron chi connectivity index (χ3n) is 3.30. The van der Waals surface area contributed by atoms with Crippen LogP contribution in [0.1, 0.15) is 19.4 Å². The van der Waals surface area contributed by atoms with Crippen LogP contribution in [0.15, 0.2) is 36.7 Å². The summed E-state index contributed by atoms with van der Waals surface area (Å²) < 4.78 is 7.94. The molecule has 0 saturated heterocycles. The van der Waals surface area contributed by atoms with Gasteiger partial charge in [0.25, 0.3) is 0 Å². The molecule has 114 valence electrons. The molecule has 1 unspecified atom stereocenters. The molecule has 1 amide bonds. The van der Waals surface area contributed by atoms with E-state index in [4.69, 9.17) is 4.74 Å². The number of ether oxygens (including phenoxy) is 1. The topological polar surface area (TPSA) is 69.0 Å². The van der Waals surface area contributed by atoms with Gasteiger partial charge in [-0.25, -0.2) is 4.98 Å². The average molecular weight is 316 g/mol. The fourth-order valence-electron chi connectivity index (χ4n) is 2.16. The number of amides is 1. The van der Waals surface area contributed by atoms with Crippen molar-refractivity contribution in [3.8, 4) is 5.75 Å². The molecule has 0 radical (unpaired) electrons. The van der Waals surface area contributed by atoms with Gasteiger partial charge < -0.3 is 10.1 Å². The summed E-state index contributed by atoms with van der Waals surface area (Å²) in [5.41, 5.74) is 0.848. The SMILES string of the molecule is COc1ccc2nc(NC(=O)CC(C)n3cccn3)sc2c1. The Morgan fingerprint density at radius 2 is 2.36 bits per heavy atom. The van der Waals surface area contributed by atoms with Crippen LogP contribution in [0, 0.1) is 0 Å². The maximum atomic E-state index is 12.1. The summed E-state index contributed by atoms with van der Waals surface area (Å²) in [4.78, 5) is 16.5. The zero-order chi connectivity index (χ0) is 15.5. The van der Waals surface area contributed by atoms with E-state index < -0.39 is 0 Å². The van der Waals surface area contributed by atoms with Crippen LogP contribution in [-0.4, -0.2) is 27.8 Å². The quantitative estimate of drug-likeness (QED) is 0.785. The third kappa shape index (κ3) is 3.09. The van der Waals surface area contributed by atoms with E-state index in [1.807, 2.05) is 37.4 Å². The zero-order valence-corrected chi connectivity index (χ0v) is 13.1. The summed E-state index contributed by atoms with van der Waals surface area (Å²) in [5.74, 6) is 0.704. The standard InChI is InChI=1S/C15H16N4O2S/c1-10(19-7-3-6-16-19)8-14(20)18-15-17-12-5-4-11(21-2)9-13(12)22-15/h3-7,9-10H,8H2,1-2H3,(H,17,18,20). The van der Waals surface area contributed by atoms with Gasteiger partial charge in [-0.05, 0) is 31.2 Å². The second-order valence-corrected chi connectivity index (χ2v) is 5.97. The first-order valence-electron chi connectivity index (χ1n) is 6.89. The van der Waals surface area contributed by atoms with Gasteiger partial charge in [0.1, 0.15) is 5.75 Å². The number of carbonyl (C=O) groups is 1. The highest BCUT2D eigenvalue weighted by Gasteiger charge is 2.13. The molecule has 1 N–H and O–H groups in total. The Balaban J connectivity index is 1.68. The average Bonchev–Trinajstić information content (AvgIpc) is 3.15. The predicted molar refractivity (Wildman–Crippen MR) is 86.4 cm³/mol. The first kappa shape index (κ1) is 14.5. The van der Waals surface area contributed by atoms with Gasteiger partial charge in [-0.1, -0.05) is 11.3 Å². The molecule has 0 bridgehead atoms. The second kappa shape index (κ2) is 6.15. The molecule has 0 spiro atoms. The van der Waals surface area contributed by atoms with Crippen LogP contribution in [0.5, 0.6) is 5.75 Å². The molecule has 1 atom stereocenters. The lowest BCUT2D eigenvalue weighted by Gasteiger charge is -2.10. The van der Waals surface area contributed by atoms with Crippen LogP contribution >= 0.6 is 11.3 Å². The third-order valence-corrected chi connectivity index (χ3v) is 4.23. The number of hydrogen-bond donors (Lipinski definition) is 1. The van der Waals surface area contributed by atoms with E-state index in [1.165, 1.54) is 11.3 Å². The van der Waals surface area contributed by atoms with E-state index in [-0.39, 0.29) is 11.9 Å². The maximum absolute atomic E-state index is 12.1. The van der Waals surface area contributed by atoms with Gasteiger partial charge in [0, 0.05) is 18.8 Å². The van der Waals surface area contributed by atoms with Crippen LogP contribution in [0.3, 0.4) is 0 Å². The van der Waals surface area contributed by atoms with E-state index in [9.17, 15) is 4.79 Å². The number of thiazole rings is 1. The number of rotatable bonds is 5. The molecule has 0 fully saturated rings. The van der Waals surface area contributed by atoms with Crippen molar-refractivity contribution in [2.45, 2.75) is 19.4 Å². The zero-order valence-electron chi connectivity index (χ0n) is 12.3. The van der Waals surface area contributed by atoms with Crippen LogP contribution in [-0.2, 0) is 4.79 Å². The molecule has 2 heterocycles. The molecule has 7 heteroatoms. The van der Waals surface area contributed by atoms with Crippen LogP contribution < -0.4 is 10.1 Å². The van der Waals surface area contributed by atoms with Gasteiger partial charge in [0.05, 0.1) is 23.4 Å². The molecular formula is C15H16N4O2S.